The highest BCUT2D eigenvalue weighted by Crippen LogP contribution is 2.06. The van der Waals surface area contributed by atoms with Gasteiger partial charge in [-0.25, -0.2) is 0 Å². The molecule has 0 bridgehead atoms. The summed E-state index contributed by atoms with van der Waals surface area (Å²) in [5, 5.41) is 0. The van der Waals surface area contributed by atoms with Crippen molar-refractivity contribution in [3.8, 4) is 0 Å². The van der Waals surface area contributed by atoms with E-state index in [2.05, 4.69) is 6.58 Å². The molecule has 0 spiro atoms. The molecular formula is C9H15NO2. The second kappa shape index (κ2) is 4.70. The number of hydrogen-bond donors (Lipinski definition) is 1. The zero-order valence-corrected chi connectivity index (χ0v) is 7.59. The van der Waals surface area contributed by atoms with Gasteiger partial charge >= 0.3 is 0 Å². The maximum Gasteiger partial charge on any atom is 0.244 e. The summed E-state index contributed by atoms with van der Waals surface area (Å²) in [7, 11) is 0. The van der Waals surface area contributed by atoms with E-state index in [1.165, 1.54) is 0 Å². The lowest BCUT2D eigenvalue weighted by atomic mass is 10.0. The Kier molecular flexibility index (Phi) is 4.26. The maximum atomic E-state index is 11.1. The van der Waals surface area contributed by atoms with Crippen molar-refractivity contribution in [3.05, 3.63) is 12.2 Å². The molecule has 3 nitrogen and oxygen atoms in total. The molecule has 0 saturated carbocycles. The molecule has 0 radical (unpaired) electrons. The fourth-order valence-electron chi connectivity index (χ4n) is 0.686. The van der Waals surface area contributed by atoms with Crippen LogP contribution in [0, 0.1) is 5.92 Å². The zero-order valence-electron chi connectivity index (χ0n) is 7.59. The Balaban J connectivity index is 3.77. The average Bonchev–Trinajstić information content (AvgIpc) is 1.98. The van der Waals surface area contributed by atoms with Crippen molar-refractivity contribution in [1.29, 1.82) is 0 Å². The van der Waals surface area contributed by atoms with Crippen molar-refractivity contribution in [2.24, 2.45) is 11.7 Å². The molecular weight excluding hydrogens is 154 g/mol. The highest BCUT2D eigenvalue weighted by Gasteiger charge is 2.09. The Morgan fingerprint density at radius 2 is 1.83 bits per heavy atom. The molecule has 68 valence electrons. The van der Waals surface area contributed by atoms with Gasteiger partial charge in [0, 0.05) is 17.9 Å². The van der Waals surface area contributed by atoms with Crippen LogP contribution in [0.5, 0.6) is 0 Å². The van der Waals surface area contributed by atoms with E-state index in [0.29, 0.717) is 18.4 Å². The van der Waals surface area contributed by atoms with Gasteiger partial charge in [-0.05, 0) is 6.42 Å². The number of amides is 1. The van der Waals surface area contributed by atoms with E-state index in [-0.39, 0.29) is 11.7 Å². The van der Waals surface area contributed by atoms with Crippen molar-refractivity contribution in [1.82, 2.24) is 0 Å². The minimum atomic E-state index is -0.522. The largest absolute Gasteiger partial charge is 0.366 e. The highest BCUT2D eigenvalue weighted by molar-refractivity contribution is 5.92. The molecule has 12 heavy (non-hydrogen) atoms. The highest BCUT2D eigenvalue weighted by atomic mass is 16.1. The third-order valence-electron chi connectivity index (χ3n) is 1.67. The minimum absolute atomic E-state index is 0.0191. The van der Waals surface area contributed by atoms with Crippen LogP contribution in [0.15, 0.2) is 12.2 Å². The second-order valence-corrected chi connectivity index (χ2v) is 3.09. The molecule has 0 aliphatic heterocycles. The molecule has 0 atom stereocenters. The first kappa shape index (κ1) is 10.9. The summed E-state index contributed by atoms with van der Waals surface area (Å²) < 4.78 is 0. The lowest BCUT2D eigenvalue weighted by molar-refractivity contribution is -0.121. The monoisotopic (exact) mass is 169 g/mol. The minimum Gasteiger partial charge on any atom is -0.366 e. The number of primary amides is 1. The number of ketones is 1. The van der Waals surface area contributed by atoms with Crippen LogP contribution in [0.4, 0.5) is 0 Å². The first-order chi connectivity index (χ1) is 5.45. The van der Waals surface area contributed by atoms with Crippen LogP contribution in [-0.4, -0.2) is 11.7 Å². The van der Waals surface area contributed by atoms with Crippen molar-refractivity contribution < 1.29 is 9.59 Å². The normalized spacial score (nSPS) is 9.92. The van der Waals surface area contributed by atoms with E-state index in [1.54, 1.807) is 0 Å². The summed E-state index contributed by atoms with van der Waals surface area (Å²) in [6.45, 7) is 7.12. The Hall–Kier alpha value is -1.12. The lowest BCUT2D eigenvalue weighted by Crippen LogP contribution is -2.15. The molecule has 0 heterocycles. The third-order valence-corrected chi connectivity index (χ3v) is 1.67. The topological polar surface area (TPSA) is 60.2 Å². The summed E-state index contributed by atoms with van der Waals surface area (Å²) in [6.07, 6.45) is 0.742. The molecule has 0 rings (SSSR count). The van der Waals surface area contributed by atoms with Gasteiger partial charge in [0.05, 0.1) is 0 Å². The van der Waals surface area contributed by atoms with E-state index in [4.69, 9.17) is 5.73 Å². The van der Waals surface area contributed by atoms with Gasteiger partial charge in [-0.3, -0.25) is 9.59 Å². The predicted octanol–water partition coefficient (Wildman–Crippen LogP) is 1.03. The fraction of sp³-hybridized carbons (Fsp3) is 0.556. The molecule has 0 fully saturated rings. The van der Waals surface area contributed by atoms with Crippen LogP contribution in [0.2, 0.25) is 0 Å². The summed E-state index contributed by atoms with van der Waals surface area (Å²) in [5.74, 6) is -0.366. The van der Waals surface area contributed by atoms with Crippen molar-refractivity contribution in [3.63, 3.8) is 0 Å². The van der Waals surface area contributed by atoms with Crippen LogP contribution in [0.25, 0.3) is 0 Å². The second-order valence-electron chi connectivity index (χ2n) is 3.09. The number of Topliss-reactive ketones (excluding diaryl/α,β-unsaturated/α-hetero) is 1. The Bertz CT molecular complexity index is 207. The third kappa shape index (κ3) is 3.91. The standard InChI is InChI=1S/C9H15NO2/c1-6(2)8(11)5-4-7(3)9(10)12/h6H,3-5H2,1-2H3,(H2,10,12). The first-order valence-corrected chi connectivity index (χ1v) is 3.95. The predicted molar refractivity (Wildman–Crippen MR) is 47.4 cm³/mol. The molecule has 3 heteroatoms. The summed E-state index contributed by atoms with van der Waals surface area (Å²) in [4.78, 5) is 21.6. The van der Waals surface area contributed by atoms with Crippen molar-refractivity contribution >= 4 is 11.7 Å². The molecule has 0 aromatic rings. The van der Waals surface area contributed by atoms with Gasteiger partial charge in [0.15, 0.2) is 0 Å². The number of rotatable bonds is 5. The van der Waals surface area contributed by atoms with Gasteiger partial charge in [0.25, 0.3) is 0 Å². The Labute approximate surface area is 72.6 Å². The summed E-state index contributed by atoms with van der Waals surface area (Å²) >= 11 is 0. The molecule has 0 aromatic heterocycles. The van der Waals surface area contributed by atoms with E-state index >= 15 is 0 Å². The first-order valence-electron chi connectivity index (χ1n) is 3.95. The lowest BCUT2D eigenvalue weighted by Gasteiger charge is -2.03. The van der Waals surface area contributed by atoms with Gasteiger partial charge in [0.1, 0.15) is 5.78 Å². The molecule has 2 N–H and O–H groups in total. The van der Waals surface area contributed by atoms with Gasteiger partial charge < -0.3 is 5.73 Å². The molecule has 0 aliphatic carbocycles. The molecule has 0 unspecified atom stereocenters. The molecule has 0 saturated heterocycles. The summed E-state index contributed by atoms with van der Waals surface area (Å²) in [5.41, 5.74) is 5.27. The van der Waals surface area contributed by atoms with Crippen LogP contribution < -0.4 is 5.73 Å². The maximum absolute atomic E-state index is 11.1. The van der Waals surface area contributed by atoms with E-state index in [1.807, 2.05) is 13.8 Å². The molecule has 0 aromatic carbocycles. The number of carbonyl (C=O) groups is 2. The van der Waals surface area contributed by atoms with Gasteiger partial charge in [0.2, 0.25) is 5.91 Å². The smallest absolute Gasteiger partial charge is 0.244 e. The molecule has 0 aliphatic rings. The number of nitrogens with two attached hydrogens (primary N) is 1. The van der Waals surface area contributed by atoms with Crippen LogP contribution >= 0.6 is 0 Å². The van der Waals surface area contributed by atoms with Gasteiger partial charge in [-0.15, -0.1) is 0 Å². The van der Waals surface area contributed by atoms with E-state index in [9.17, 15) is 9.59 Å². The number of carbonyl (C=O) groups excluding carboxylic acids is 2. The van der Waals surface area contributed by atoms with E-state index < -0.39 is 5.91 Å². The molecule has 1 amide bonds. The van der Waals surface area contributed by atoms with Gasteiger partial charge in [-0.1, -0.05) is 20.4 Å². The Morgan fingerprint density at radius 1 is 1.33 bits per heavy atom. The van der Waals surface area contributed by atoms with Crippen LogP contribution in [-0.2, 0) is 9.59 Å². The van der Waals surface area contributed by atoms with Crippen LogP contribution in [0.1, 0.15) is 26.7 Å². The van der Waals surface area contributed by atoms with Crippen molar-refractivity contribution in [2.75, 3.05) is 0 Å². The number of hydrogen-bond acceptors (Lipinski definition) is 2. The Morgan fingerprint density at radius 3 is 2.17 bits per heavy atom. The van der Waals surface area contributed by atoms with Crippen molar-refractivity contribution in [2.45, 2.75) is 26.7 Å². The SMILES string of the molecule is C=C(CCC(=O)C(C)C)C(N)=O. The fourth-order valence-corrected chi connectivity index (χ4v) is 0.686. The average molecular weight is 169 g/mol. The van der Waals surface area contributed by atoms with E-state index in [0.717, 1.165) is 0 Å². The van der Waals surface area contributed by atoms with Gasteiger partial charge in [-0.2, -0.15) is 0 Å². The zero-order chi connectivity index (χ0) is 9.72. The van der Waals surface area contributed by atoms with Crippen LogP contribution in [0.3, 0.4) is 0 Å². The quantitative estimate of drug-likeness (QED) is 0.625. The summed E-state index contributed by atoms with van der Waals surface area (Å²) in [6, 6.07) is 0.